The molecule has 6 nitrogen and oxygen atoms in total. The summed E-state index contributed by atoms with van der Waals surface area (Å²) in [6.45, 7) is 3.52. The highest BCUT2D eigenvalue weighted by Crippen LogP contribution is 2.16. The number of amides is 2. The number of aryl methyl sites for hydroxylation is 2. The van der Waals surface area contributed by atoms with E-state index in [2.05, 4.69) is 15.8 Å². The van der Waals surface area contributed by atoms with Crippen molar-refractivity contribution >= 4 is 35.1 Å². The summed E-state index contributed by atoms with van der Waals surface area (Å²) >= 11 is 1.12. The van der Waals surface area contributed by atoms with Gasteiger partial charge < -0.3 is 15.2 Å². The van der Waals surface area contributed by atoms with Crippen molar-refractivity contribution in [2.75, 3.05) is 22.1 Å². The van der Waals surface area contributed by atoms with Gasteiger partial charge in [-0.2, -0.15) is 0 Å². The number of anilines is 2. The second-order valence-electron chi connectivity index (χ2n) is 4.90. The van der Waals surface area contributed by atoms with Crippen LogP contribution < -0.4 is 10.6 Å². The Morgan fingerprint density at radius 3 is 2.52 bits per heavy atom. The van der Waals surface area contributed by atoms with Gasteiger partial charge in [0.15, 0.2) is 5.82 Å². The van der Waals surface area contributed by atoms with Crippen molar-refractivity contribution in [2.45, 2.75) is 13.8 Å². The molecule has 0 aliphatic heterocycles. The predicted octanol–water partition coefficient (Wildman–Crippen LogP) is 2.74. The second kappa shape index (κ2) is 7.77. The van der Waals surface area contributed by atoms with Crippen molar-refractivity contribution in [2.24, 2.45) is 0 Å². The summed E-state index contributed by atoms with van der Waals surface area (Å²) < 4.78 is 18.3. The first-order valence-electron chi connectivity index (χ1n) is 6.81. The largest absolute Gasteiger partial charge is 0.360 e. The third-order valence-corrected chi connectivity index (χ3v) is 3.69. The van der Waals surface area contributed by atoms with E-state index in [0.717, 1.165) is 17.3 Å². The molecule has 8 heteroatoms. The summed E-state index contributed by atoms with van der Waals surface area (Å²) in [5.41, 5.74) is 0.981. The maximum Gasteiger partial charge on any atom is 0.235 e. The van der Waals surface area contributed by atoms with Gasteiger partial charge >= 0.3 is 0 Å². The summed E-state index contributed by atoms with van der Waals surface area (Å²) in [6, 6.07) is 6.06. The fourth-order valence-electron chi connectivity index (χ4n) is 1.76. The Bertz CT molecular complexity index is 718. The van der Waals surface area contributed by atoms with Gasteiger partial charge in [0.05, 0.1) is 17.2 Å². The first kappa shape index (κ1) is 17.0. The number of nitrogens with one attached hydrogen (secondary N) is 2. The molecule has 1 aromatic heterocycles. The van der Waals surface area contributed by atoms with Crippen LogP contribution in [0.3, 0.4) is 0 Å². The number of hydrogen-bond acceptors (Lipinski definition) is 5. The van der Waals surface area contributed by atoms with Crippen molar-refractivity contribution in [3.63, 3.8) is 0 Å². The van der Waals surface area contributed by atoms with Crippen molar-refractivity contribution in [1.82, 2.24) is 5.16 Å². The van der Waals surface area contributed by atoms with E-state index in [0.29, 0.717) is 11.6 Å². The third-order valence-electron chi connectivity index (χ3n) is 2.76. The topological polar surface area (TPSA) is 84.2 Å². The number of nitrogens with zero attached hydrogens (tertiary/aromatic N) is 1. The van der Waals surface area contributed by atoms with E-state index in [1.165, 1.54) is 6.07 Å². The Balaban J connectivity index is 1.74. The SMILES string of the molecule is Cc1ccc(F)c(NC(=O)CSCC(=O)Nc2cc(C)on2)c1. The summed E-state index contributed by atoms with van der Waals surface area (Å²) in [5.74, 6) is -0.115. The van der Waals surface area contributed by atoms with Gasteiger partial charge in [0.2, 0.25) is 11.8 Å². The highest BCUT2D eigenvalue weighted by molar-refractivity contribution is 8.00. The number of halogens is 1. The van der Waals surface area contributed by atoms with Gasteiger partial charge in [-0.15, -0.1) is 11.8 Å². The molecule has 0 saturated heterocycles. The Morgan fingerprint density at radius 2 is 1.87 bits per heavy atom. The maximum atomic E-state index is 13.5. The Morgan fingerprint density at radius 1 is 1.17 bits per heavy atom. The summed E-state index contributed by atoms with van der Waals surface area (Å²) in [5, 5.41) is 8.67. The zero-order valence-electron chi connectivity index (χ0n) is 12.7. The lowest BCUT2D eigenvalue weighted by atomic mass is 10.2. The molecule has 0 unspecified atom stereocenters. The molecule has 0 aliphatic rings. The summed E-state index contributed by atoms with van der Waals surface area (Å²) in [7, 11) is 0. The van der Waals surface area contributed by atoms with Crippen LogP contribution in [-0.2, 0) is 9.59 Å². The fourth-order valence-corrected chi connectivity index (χ4v) is 2.38. The molecule has 122 valence electrons. The quantitative estimate of drug-likeness (QED) is 0.847. The van der Waals surface area contributed by atoms with E-state index in [4.69, 9.17) is 4.52 Å². The summed E-state index contributed by atoms with van der Waals surface area (Å²) in [6.07, 6.45) is 0. The Labute approximate surface area is 136 Å². The molecule has 2 rings (SSSR count). The first-order chi connectivity index (χ1) is 10.9. The molecule has 0 saturated carbocycles. The van der Waals surface area contributed by atoms with Gasteiger partial charge in [0.25, 0.3) is 0 Å². The average Bonchev–Trinajstić information content (AvgIpc) is 2.88. The molecule has 2 amide bonds. The number of thioether (sulfide) groups is 1. The fraction of sp³-hybridized carbons (Fsp3) is 0.267. The lowest BCUT2D eigenvalue weighted by molar-refractivity contribution is -0.114. The monoisotopic (exact) mass is 337 g/mol. The van der Waals surface area contributed by atoms with Crippen LogP contribution >= 0.6 is 11.8 Å². The van der Waals surface area contributed by atoms with Gasteiger partial charge in [-0.25, -0.2) is 4.39 Å². The molecule has 0 atom stereocenters. The van der Waals surface area contributed by atoms with E-state index in [1.54, 1.807) is 32.0 Å². The molecule has 0 radical (unpaired) electrons. The van der Waals surface area contributed by atoms with Gasteiger partial charge in [0.1, 0.15) is 11.6 Å². The lowest BCUT2D eigenvalue weighted by Gasteiger charge is -2.07. The van der Waals surface area contributed by atoms with Crippen LogP contribution in [0.5, 0.6) is 0 Å². The minimum absolute atomic E-state index is 0.0403. The standard InChI is InChI=1S/C15H16FN3O3S/c1-9-3-4-11(16)12(5-9)17-14(20)7-23-8-15(21)18-13-6-10(2)22-19-13/h3-6H,7-8H2,1-2H3,(H,17,20)(H,18,19,21). The van der Waals surface area contributed by atoms with Crippen LogP contribution in [0, 0.1) is 19.7 Å². The van der Waals surface area contributed by atoms with E-state index in [-0.39, 0.29) is 29.0 Å². The van der Waals surface area contributed by atoms with Gasteiger partial charge in [-0.1, -0.05) is 11.2 Å². The predicted molar refractivity (Wildman–Crippen MR) is 87.0 cm³/mol. The zero-order valence-corrected chi connectivity index (χ0v) is 13.5. The molecule has 0 aliphatic carbocycles. The molecule has 0 fully saturated rings. The van der Waals surface area contributed by atoms with Crippen LogP contribution in [0.25, 0.3) is 0 Å². The van der Waals surface area contributed by atoms with Gasteiger partial charge in [-0.05, 0) is 31.5 Å². The lowest BCUT2D eigenvalue weighted by Crippen LogP contribution is -2.19. The molecule has 2 aromatic rings. The van der Waals surface area contributed by atoms with Crippen LogP contribution in [0.4, 0.5) is 15.9 Å². The van der Waals surface area contributed by atoms with Crippen molar-refractivity contribution in [1.29, 1.82) is 0 Å². The first-order valence-corrected chi connectivity index (χ1v) is 7.96. The molecular weight excluding hydrogens is 321 g/mol. The average molecular weight is 337 g/mol. The molecule has 1 aromatic carbocycles. The number of benzene rings is 1. The number of carbonyl (C=O) groups is 2. The number of hydrogen-bond donors (Lipinski definition) is 2. The normalized spacial score (nSPS) is 10.4. The smallest absolute Gasteiger partial charge is 0.235 e. The van der Waals surface area contributed by atoms with E-state index in [1.807, 2.05) is 0 Å². The minimum Gasteiger partial charge on any atom is -0.360 e. The van der Waals surface area contributed by atoms with Crippen molar-refractivity contribution in [3.05, 3.63) is 41.4 Å². The molecule has 1 heterocycles. The number of rotatable bonds is 6. The van der Waals surface area contributed by atoms with E-state index < -0.39 is 5.82 Å². The van der Waals surface area contributed by atoms with Crippen LogP contribution in [0.15, 0.2) is 28.8 Å². The third kappa shape index (κ3) is 5.41. The van der Waals surface area contributed by atoms with Crippen LogP contribution in [-0.4, -0.2) is 28.5 Å². The molecule has 2 N–H and O–H groups in total. The maximum absolute atomic E-state index is 13.5. The van der Waals surface area contributed by atoms with Crippen LogP contribution in [0.1, 0.15) is 11.3 Å². The van der Waals surface area contributed by atoms with Crippen LogP contribution in [0.2, 0.25) is 0 Å². The number of carbonyl (C=O) groups excluding carboxylic acids is 2. The highest BCUT2D eigenvalue weighted by atomic mass is 32.2. The zero-order chi connectivity index (χ0) is 16.8. The number of aromatic nitrogens is 1. The van der Waals surface area contributed by atoms with Crippen molar-refractivity contribution < 1.29 is 18.5 Å². The van der Waals surface area contributed by atoms with E-state index >= 15 is 0 Å². The van der Waals surface area contributed by atoms with Gasteiger partial charge in [-0.3, -0.25) is 9.59 Å². The highest BCUT2D eigenvalue weighted by Gasteiger charge is 2.10. The summed E-state index contributed by atoms with van der Waals surface area (Å²) in [4.78, 5) is 23.4. The minimum atomic E-state index is -0.493. The Hall–Kier alpha value is -2.35. The Kier molecular flexibility index (Phi) is 5.75. The molecular formula is C15H16FN3O3S. The molecule has 0 bridgehead atoms. The van der Waals surface area contributed by atoms with Gasteiger partial charge in [0, 0.05) is 6.07 Å². The van der Waals surface area contributed by atoms with Crippen molar-refractivity contribution in [3.8, 4) is 0 Å². The molecule has 0 spiro atoms. The molecule has 23 heavy (non-hydrogen) atoms. The van der Waals surface area contributed by atoms with E-state index in [9.17, 15) is 14.0 Å². The second-order valence-corrected chi connectivity index (χ2v) is 5.88.